The van der Waals surface area contributed by atoms with Crippen LogP contribution in [0.3, 0.4) is 0 Å². The molecule has 0 saturated heterocycles. The van der Waals surface area contributed by atoms with Gasteiger partial charge in [0.1, 0.15) is 7.05 Å². The van der Waals surface area contributed by atoms with Gasteiger partial charge >= 0.3 is 0 Å². The fourth-order valence-electron chi connectivity index (χ4n) is 3.66. The van der Waals surface area contributed by atoms with Crippen LogP contribution in [0.25, 0.3) is 33.2 Å². The van der Waals surface area contributed by atoms with Gasteiger partial charge in [0.2, 0.25) is 5.69 Å². The Morgan fingerprint density at radius 3 is 2.31 bits per heavy atom. The Labute approximate surface area is 157 Å². The molecule has 1 nitrogen and oxygen atoms in total. The van der Waals surface area contributed by atoms with Crippen LogP contribution in [0.15, 0.2) is 72.8 Å². The van der Waals surface area contributed by atoms with Gasteiger partial charge in [-0.05, 0) is 48.1 Å². The number of fused-ring (bicyclic) bond motifs is 1. The Balaban J connectivity index is 1.98. The number of hydrogen-bond acceptors (Lipinski definition) is 0. The summed E-state index contributed by atoms with van der Waals surface area (Å²) in [5.41, 5.74) is 8.26. The maximum Gasteiger partial charge on any atom is 0.220 e. The molecular weight excluding hydrogens is 314 g/mol. The molecule has 26 heavy (non-hydrogen) atoms. The predicted octanol–water partition coefficient (Wildman–Crippen LogP) is 5.92. The number of benzene rings is 3. The molecule has 0 N–H and O–H groups in total. The van der Waals surface area contributed by atoms with E-state index in [1.165, 1.54) is 33.5 Å². The zero-order valence-electron chi connectivity index (χ0n) is 16.8. The first-order valence-corrected chi connectivity index (χ1v) is 9.03. The SMILES string of the molecule is [2H]c1c(C)[n+](C)c(-c2ccc(-c3ccccc3)cc2C)c2ccc(C)cc12. The van der Waals surface area contributed by atoms with Gasteiger partial charge in [-0.3, -0.25) is 0 Å². The molecule has 0 aliphatic carbocycles. The van der Waals surface area contributed by atoms with Gasteiger partial charge < -0.3 is 0 Å². The van der Waals surface area contributed by atoms with E-state index in [0.717, 1.165) is 16.5 Å². The van der Waals surface area contributed by atoms with E-state index in [9.17, 15) is 0 Å². The fourth-order valence-corrected chi connectivity index (χ4v) is 3.66. The van der Waals surface area contributed by atoms with Crippen molar-refractivity contribution in [2.45, 2.75) is 20.8 Å². The molecule has 0 unspecified atom stereocenters. The average Bonchev–Trinajstić information content (AvgIpc) is 2.68. The summed E-state index contributed by atoms with van der Waals surface area (Å²) in [5, 5.41) is 2.15. The Kier molecular flexibility index (Phi) is 3.79. The van der Waals surface area contributed by atoms with E-state index >= 15 is 0 Å². The van der Waals surface area contributed by atoms with Gasteiger partial charge in [-0.15, -0.1) is 0 Å². The molecule has 0 aliphatic rings. The lowest BCUT2D eigenvalue weighted by molar-refractivity contribution is -0.665. The summed E-state index contributed by atoms with van der Waals surface area (Å²) in [6.45, 7) is 6.29. The average molecular weight is 339 g/mol. The van der Waals surface area contributed by atoms with Gasteiger partial charge in [0.05, 0.1) is 6.76 Å². The lowest BCUT2D eigenvalue weighted by atomic mass is 9.94. The lowest BCUT2D eigenvalue weighted by Gasteiger charge is -2.12. The first kappa shape index (κ1) is 15.3. The summed E-state index contributed by atoms with van der Waals surface area (Å²) in [6, 6.07) is 24.2. The molecule has 4 rings (SSSR count). The fraction of sp³-hybridized carbons (Fsp3) is 0.160. The molecule has 1 aromatic heterocycles. The molecule has 0 fully saturated rings. The van der Waals surface area contributed by atoms with Crippen molar-refractivity contribution >= 4 is 10.8 Å². The van der Waals surface area contributed by atoms with Crippen LogP contribution in [0, 0.1) is 20.8 Å². The molecule has 0 aliphatic heterocycles. The molecule has 0 saturated carbocycles. The molecular formula is C25H24N+. The van der Waals surface area contributed by atoms with Crippen molar-refractivity contribution < 1.29 is 5.94 Å². The van der Waals surface area contributed by atoms with Gasteiger partial charge in [0.15, 0.2) is 5.69 Å². The molecule has 1 heterocycles. The first-order valence-electron chi connectivity index (χ1n) is 9.53. The third kappa shape index (κ3) is 2.80. The minimum Gasteiger partial charge on any atom is -0.198 e. The molecule has 3 aromatic carbocycles. The molecule has 1 heteroatoms. The molecule has 0 bridgehead atoms. The predicted molar refractivity (Wildman–Crippen MR) is 110 cm³/mol. The van der Waals surface area contributed by atoms with Gasteiger partial charge in [-0.1, -0.05) is 60.2 Å². The summed E-state index contributed by atoms with van der Waals surface area (Å²) in [4.78, 5) is 0. The second-order valence-corrected chi connectivity index (χ2v) is 7.06. The third-order valence-corrected chi connectivity index (χ3v) is 5.17. The quantitative estimate of drug-likeness (QED) is 0.399. The highest BCUT2D eigenvalue weighted by molar-refractivity contribution is 5.94. The van der Waals surface area contributed by atoms with Crippen LogP contribution in [0.4, 0.5) is 0 Å². The number of rotatable bonds is 2. The van der Waals surface area contributed by atoms with E-state index in [2.05, 4.69) is 86.1 Å². The lowest BCUT2D eigenvalue weighted by Crippen LogP contribution is -2.35. The van der Waals surface area contributed by atoms with Crippen LogP contribution in [0.2, 0.25) is 0 Å². The summed E-state index contributed by atoms with van der Waals surface area (Å²) >= 11 is 0. The van der Waals surface area contributed by atoms with E-state index < -0.39 is 0 Å². The van der Waals surface area contributed by atoms with Crippen molar-refractivity contribution in [2.75, 3.05) is 0 Å². The standard InChI is InChI=1S/C25H24N/c1-17-10-12-24-22(14-17)16-19(3)26(4)25(24)23-13-11-21(15-18(23)2)20-8-6-5-7-9-20/h5-16H,1-4H3/q+1/i16D. The Bertz CT molecular complexity index is 1160. The number of nitrogens with zero attached hydrogens (tertiary/aromatic N) is 1. The minimum absolute atomic E-state index is 0.610. The zero-order valence-corrected chi connectivity index (χ0v) is 15.8. The van der Waals surface area contributed by atoms with E-state index in [0.29, 0.717) is 6.04 Å². The second kappa shape index (κ2) is 6.42. The second-order valence-electron chi connectivity index (χ2n) is 7.06. The van der Waals surface area contributed by atoms with Crippen molar-refractivity contribution in [1.82, 2.24) is 0 Å². The van der Waals surface area contributed by atoms with Crippen LogP contribution in [-0.4, -0.2) is 0 Å². The maximum absolute atomic E-state index is 8.56. The topological polar surface area (TPSA) is 3.88 Å². The molecule has 0 atom stereocenters. The summed E-state index contributed by atoms with van der Waals surface area (Å²) < 4.78 is 10.7. The number of hydrogen-bond donors (Lipinski definition) is 0. The smallest absolute Gasteiger partial charge is 0.198 e. The Hall–Kier alpha value is -2.93. The van der Waals surface area contributed by atoms with Crippen LogP contribution < -0.4 is 4.57 Å². The van der Waals surface area contributed by atoms with Crippen molar-refractivity contribution in [2.24, 2.45) is 7.05 Å². The molecule has 0 radical (unpaired) electrons. The largest absolute Gasteiger partial charge is 0.220 e. The number of aromatic nitrogens is 1. The van der Waals surface area contributed by atoms with Crippen molar-refractivity contribution in [3.8, 4) is 22.4 Å². The number of aryl methyl sites for hydroxylation is 2. The Morgan fingerprint density at radius 1 is 0.808 bits per heavy atom. The molecule has 0 spiro atoms. The van der Waals surface area contributed by atoms with Crippen LogP contribution in [0.5, 0.6) is 0 Å². The highest BCUT2D eigenvalue weighted by atomic mass is 14.9. The van der Waals surface area contributed by atoms with Crippen LogP contribution >= 0.6 is 0 Å². The van der Waals surface area contributed by atoms with Gasteiger partial charge in [-0.25, -0.2) is 0 Å². The summed E-state index contributed by atoms with van der Waals surface area (Å²) in [7, 11) is 2.06. The summed E-state index contributed by atoms with van der Waals surface area (Å²) in [5.74, 6) is 0. The van der Waals surface area contributed by atoms with Crippen molar-refractivity contribution in [3.63, 3.8) is 0 Å². The van der Waals surface area contributed by atoms with E-state index in [1.54, 1.807) is 0 Å². The van der Waals surface area contributed by atoms with E-state index in [4.69, 9.17) is 1.37 Å². The van der Waals surface area contributed by atoms with Crippen molar-refractivity contribution in [3.05, 3.63) is 89.6 Å². The highest BCUT2D eigenvalue weighted by Gasteiger charge is 2.19. The molecule has 0 amide bonds. The maximum atomic E-state index is 8.56. The van der Waals surface area contributed by atoms with Crippen molar-refractivity contribution in [1.29, 1.82) is 0 Å². The zero-order chi connectivity index (χ0) is 19.1. The minimum atomic E-state index is 0.610. The molecule has 128 valence electrons. The summed E-state index contributed by atoms with van der Waals surface area (Å²) in [6.07, 6.45) is 0. The van der Waals surface area contributed by atoms with Gasteiger partial charge in [0.25, 0.3) is 0 Å². The van der Waals surface area contributed by atoms with Crippen LogP contribution in [0.1, 0.15) is 18.2 Å². The Morgan fingerprint density at radius 2 is 1.58 bits per heavy atom. The van der Waals surface area contributed by atoms with E-state index in [1.807, 2.05) is 13.0 Å². The normalized spacial score (nSPS) is 11.6. The van der Waals surface area contributed by atoms with E-state index in [-0.39, 0.29) is 0 Å². The van der Waals surface area contributed by atoms with Gasteiger partial charge in [-0.2, -0.15) is 4.57 Å². The number of pyridine rings is 1. The first-order chi connectivity index (χ1) is 13.0. The van der Waals surface area contributed by atoms with Crippen LogP contribution in [-0.2, 0) is 7.05 Å². The highest BCUT2D eigenvalue weighted by Crippen LogP contribution is 2.31. The van der Waals surface area contributed by atoms with Gasteiger partial charge in [0, 0.05) is 18.5 Å². The molecule has 4 aromatic rings. The third-order valence-electron chi connectivity index (χ3n) is 5.17. The monoisotopic (exact) mass is 339 g/mol.